The Hall–Kier alpha value is -3.07. The highest BCUT2D eigenvalue weighted by molar-refractivity contribution is 7.92. The van der Waals surface area contributed by atoms with Gasteiger partial charge in [-0.15, -0.1) is 0 Å². The van der Waals surface area contributed by atoms with E-state index in [1.165, 1.54) is 36.3 Å². The van der Waals surface area contributed by atoms with Gasteiger partial charge in [-0.05, 0) is 56.2 Å². The molecule has 2 aromatic carbocycles. The third-order valence-corrected chi connectivity index (χ3v) is 6.18. The molecule has 1 aliphatic rings. The summed E-state index contributed by atoms with van der Waals surface area (Å²) < 4.78 is 38.9. The van der Waals surface area contributed by atoms with Gasteiger partial charge in [-0.1, -0.05) is 6.07 Å². The van der Waals surface area contributed by atoms with E-state index in [9.17, 15) is 18.0 Å². The van der Waals surface area contributed by atoms with Gasteiger partial charge >= 0.3 is 5.97 Å². The van der Waals surface area contributed by atoms with E-state index >= 15 is 0 Å². The number of hydrogen-bond donors (Lipinski definition) is 1. The fourth-order valence-electron chi connectivity index (χ4n) is 3.23. The van der Waals surface area contributed by atoms with Crippen molar-refractivity contribution in [1.82, 2.24) is 0 Å². The Bertz CT molecular complexity index is 1080. The summed E-state index contributed by atoms with van der Waals surface area (Å²) >= 11 is 0. The highest BCUT2D eigenvalue weighted by atomic mass is 32.2. The van der Waals surface area contributed by atoms with E-state index in [2.05, 4.69) is 4.72 Å². The van der Waals surface area contributed by atoms with Gasteiger partial charge in [0.15, 0.2) is 0 Å². The normalized spacial score (nSPS) is 14.0. The fraction of sp³-hybridized carbons (Fsp3) is 0.333. The maximum absolute atomic E-state index is 13.0. The lowest BCUT2D eigenvalue weighted by atomic mass is 10.1. The van der Waals surface area contributed by atoms with Crippen molar-refractivity contribution in [1.29, 1.82) is 0 Å². The summed E-state index contributed by atoms with van der Waals surface area (Å²) in [4.78, 5) is 25.7. The molecule has 0 spiro atoms. The minimum Gasteiger partial charge on any atom is -0.495 e. The highest BCUT2D eigenvalue weighted by Gasteiger charge is 2.27. The van der Waals surface area contributed by atoms with Crippen molar-refractivity contribution in [2.24, 2.45) is 0 Å². The molecule has 0 saturated carbocycles. The van der Waals surface area contributed by atoms with E-state index < -0.39 is 16.0 Å². The van der Waals surface area contributed by atoms with Crippen LogP contribution < -0.4 is 14.4 Å². The molecule has 0 bridgehead atoms. The zero-order valence-electron chi connectivity index (χ0n) is 17.1. The SMILES string of the molecule is CCOC(=O)c1ccc(C)c(NS(=O)(=O)c2ccc(OC)c(N3CCCC3=O)c2)c1. The van der Waals surface area contributed by atoms with Crippen LogP contribution >= 0.6 is 0 Å². The van der Waals surface area contributed by atoms with E-state index in [-0.39, 0.29) is 28.7 Å². The van der Waals surface area contributed by atoms with Crippen LogP contribution in [0, 0.1) is 6.92 Å². The van der Waals surface area contributed by atoms with Gasteiger partial charge in [0.05, 0.1) is 35.6 Å². The van der Waals surface area contributed by atoms with Crippen LogP contribution in [0.2, 0.25) is 0 Å². The first kappa shape index (κ1) is 21.6. The average Bonchev–Trinajstić information content (AvgIpc) is 3.14. The highest BCUT2D eigenvalue weighted by Crippen LogP contribution is 2.34. The monoisotopic (exact) mass is 432 g/mol. The van der Waals surface area contributed by atoms with E-state index in [0.29, 0.717) is 36.4 Å². The quantitative estimate of drug-likeness (QED) is 0.675. The minimum atomic E-state index is -3.98. The predicted molar refractivity (Wildman–Crippen MR) is 113 cm³/mol. The van der Waals surface area contributed by atoms with Crippen LogP contribution in [-0.4, -0.2) is 40.6 Å². The van der Waals surface area contributed by atoms with Crippen molar-refractivity contribution in [3.8, 4) is 5.75 Å². The molecule has 160 valence electrons. The van der Waals surface area contributed by atoms with Crippen LogP contribution in [0.5, 0.6) is 5.75 Å². The molecule has 0 aliphatic carbocycles. The molecule has 9 heteroatoms. The number of hydrogen-bond acceptors (Lipinski definition) is 6. The summed E-state index contributed by atoms with van der Waals surface area (Å²) in [5, 5.41) is 0. The number of rotatable bonds is 7. The second-order valence-electron chi connectivity index (χ2n) is 6.84. The maximum Gasteiger partial charge on any atom is 0.338 e. The predicted octanol–water partition coefficient (Wildman–Crippen LogP) is 3.11. The van der Waals surface area contributed by atoms with Crippen molar-refractivity contribution in [3.05, 3.63) is 47.5 Å². The smallest absolute Gasteiger partial charge is 0.338 e. The molecule has 0 radical (unpaired) electrons. The second-order valence-corrected chi connectivity index (χ2v) is 8.52. The van der Waals surface area contributed by atoms with Crippen LogP contribution in [0.15, 0.2) is 41.3 Å². The van der Waals surface area contributed by atoms with Crippen LogP contribution in [-0.2, 0) is 19.6 Å². The number of ether oxygens (including phenoxy) is 2. The third-order valence-electron chi connectivity index (χ3n) is 4.82. The van der Waals surface area contributed by atoms with Crippen molar-refractivity contribution >= 4 is 33.3 Å². The van der Waals surface area contributed by atoms with E-state index in [1.807, 2.05) is 0 Å². The number of carbonyl (C=O) groups excluding carboxylic acids is 2. The number of anilines is 2. The fourth-order valence-corrected chi connectivity index (χ4v) is 4.37. The summed E-state index contributed by atoms with van der Waals surface area (Å²) in [6.45, 7) is 4.15. The Morgan fingerprint density at radius 3 is 2.60 bits per heavy atom. The Morgan fingerprint density at radius 1 is 1.20 bits per heavy atom. The molecule has 0 atom stereocenters. The third kappa shape index (κ3) is 4.40. The minimum absolute atomic E-state index is 0.0149. The summed E-state index contributed by atoms with van der Waals surface area (Å²) in [7, 11) is -2.51. The molecule has 1 fully saturated rings. The average molecular weight is 432 g/mol. The van der Waals surface area contributed by atoms with Gasteiger partial charge < -0.3 is 14.4 Å². The van der Waals surface area contributed by atoms with Crippen molar-refractivity contribution < 1.29 is 27.5 Å². The number of sulfonamides is 1. The molecule has 0 unspecified atom stereocenters. The van der Waals surface area contributed by atoms with Gasteiger partial charge in [0, 0.05) is 13.0 Å². The lowest BCUT2D eigenvalue weighted by molar-refractivity contribution is -0.117. The maximum atomic E-state index is 13.0. The van der Waals surface area contributed by atoms with Gasteiger partial charge in [0.25, 0.3) is 10.0 Å². The van der Waals surface area contributed by atoms with Gasteiger partial charge in [-0.3, -0.25) is 9.52 Å². The first-order valence-electron chi connectivity index (χ1n) is 9.56. The summed E-state index contributed by atoms with van der Waals surface area (Å²) in [5.74, 6) is -0.185. The molecule has 1 heterocycles. The van der Waals surface area contributed by atoms with Gasteiger partial charge in [-0.2, -0.15) is 0 Å². The lowest BCUT2D eigenvalue weighted by Crippen LogP contribution is -2.25. The molecule has 1 saturated heterocycles. The number of esters is 1. The molecule has 1 amide bonds. The molecular weight excluding hydrogens is 408 g/mol. The first-order valence-corrected chi connectivity index (χ1v) is 11.0. The largest absolute Gasteiger partial charge is 0.495 e. The number of carbonyl (C=O) groups is 2. The number of nitrogens with one attached hydrogen (secondary N) is 1. The van der Waals surface area contributed by atoms with Gasteiger partial charge in [-0.25, -0.2) is 13.2 Å². The zero-order chi connectivity index (χ0) is 21.9. The van der Waals surface area contributed by atoms with E-state index in [0.717, 1.165) is 0 Å². The number of nitrogens with zero attached hydrogens (tertiary/aromatic N) is 1. The molecule has 8 nitrogen and oxygen atoms in total. The Balaban J connectivity index is 1.95. The first-order chi connectivity index (χ1) is 14.3. The zero-order valence-corrected chi connectivity index (χ0v) is 17.9. The van der Waals surface area contributed by atoms with Crippen molar-refractivity contribution in [2.45, 2.75) is 31.6 Å². The van der Waals surface area contributed by atoms with Crippen molar-refractivity contribution in [3.63, 3.8) is 0 Å². The summed E-state index contributed by atoms with van der Waals surface area (Å²) in [6, 6.07) is 9.03. The number of aryl methyl sites for hydroxylation is 1. The molecule has 2 aromatic rings. The number of amides is 1. The van der Waals surface area contributed by atoms with E-state index in [1.54, 1.807) is 26.0 Å². The van der Waals surface area contributed by atoms with Crippen LogP contribution in [0.3, 0.4) is 0 Å². The number of methoxy groups -OCH3 is 1. The standard InChI is InChI=1S/C21H24N2O6S/c1-4-29-21(25)15-8-7-14(2)17(12-15)22-30(26,27)16-9-10-19(28-3)18(13-16)23-11-5-6-20(23)24/h7-10,12-13,22H,4-6,11H2,1-3H3. The molecule has 30 heavy (non-hydrogen) atoms. The van der Waals surface area contributed by atoms with Crippen LogP contribution in [0.25, 0.3) is 0 Å². The molecule has 3 rings (SSSR count). The molecule has 1 N–H and O–H groups in total. The topological polar surface area (TPSA) is 102 Å². The molecule has 1 aliphatic heterocycles. The van der Waals surface area contributed by atoms with Crippen LogP contribution in [0.1, 0.15) is 35.7 Å². The Morgan fingerprint density at radius 2 is 1.97 bits per heavy atom. The Labute approximate surface area is 175 Å². The molecular formula is C21H24N2O6S. The van der Waals surface area contributed by atoms with Gasteiger partial charge in [0.1, 0.15) is 5.75 Å². The number of benzene rings is 2. The molecule has 0 aromatic heterocycles. The summed E-state index contributed by atoms with van der Waals surface area (Å²) in [6.07, 6.45) is 1.12. The van der Waals surface area contributed by atoms with Crippen LogP contribution in [0.4, 0.5) is 11.4 Å². The summed E-state index contributed by atoms with van der Waals surface area (Å²) in [5.41, 5.74) is 1.59. The second kappa shape index (κ2) is 8.74. The van der Waals surface area contributed by atoms with Gasteiger partial charge in [0.2, 0.25) is 5.91 Å². The lowest BCUT2D eigenvalue weighted by Gasteiger charge is -2.20. The Kier molecular flexibility index (Phi) is 6.31. The van der Waals surface area contributed by atoms with Crippen molar-refractivity contribution in [2.75, 3.05) is 29.9 Å². The van der Waals surface area contributed by atoms with E-state index in [4.69, 9.17) is 9.47 Å².